The van der Waals surface area contributed by atoms with E-state index in [9.17, 15) is 9.18 Å². The van der Waals surface area contributed by atoms with Crippen LogP contribution in [0.5, 0.6) is 0 Å². The van der Waals surface area contributed by atoms with Crippen LogP contribution in [0, 0.1) is 5.82 Å². The van der Waals surface area contributed by atoms with Gasteiger partial charge in [0.15, 0.2) is 0 Å². The molecule has 0 amide bonds. The number of nitrogens with two attached hydrogens (primary N) is 1. The predicted octanol–water partition coefficient (Wildman–Crippen LogP) is 1.47. The van der Waals surface area contributed by atoms with Gasteiger partial charge in [0, 0.05) is 0 Å². The summed E-state index contributed by atoms with van der Waals surface area (Å²) in [6.45, 7) is 1.83. The maximum atomic E-state index is 12.8. The summed E-state index contributed by atoms with van der Waals surface area (Å²) in [5.74, 6) is -1.48. The van der Waals surface area contributed by atoms with Crippen molar-refractivity contribution in [2.24, 2.45) is 5.73 Å². The summed E-state index contributed by atoms with van der Waals surface area (Å²) in [6, 6.07) is 2.88. The van der Waals surface area contributed by atoms with Crippen molar-refractivity contribution in [3.8, 4) is 0 Å². The van der Waals surface area contributed by atoms with Gasteiger partial charge in [0.2, 0.25) is 0 Å². The number of aryl methyl sites for hydroxylation is 1. The number of rotatable bonds is 3. The van der Waals surface area contributed by atoms with Crippen LogP contribution in [0.4, 0.5) is 4.39 Å². The topological polar surface area (TPSA) is 63.3 Å². The summed E-state index contributed by atoms with van der Waals surface area (Å²) in [4.78, 5) is 10.6. The Kier molecular flexibility index (Phi) is 3.19. The van der Waals surface area contributed by atoms with Crippen LogP contribution in [0.15, 0.2) is 18.2 Å². The number of hydrogen-bond acceptors (Lipinski definition) is 2. The van der Waals surface area contributed by atoms with Gasteiger partial charge >= 0.3 is 5.97 Å². The van der Waals surface area contributed by atoms with E-state index < -0.39 is 12.0 Å². The van der Waals surface area contributed by atoms with Crippen molar-refractivity contribution in [2.75, 3.05) is 0 Å². The zero-order valence-corrected chi connectivity index (χ0v) is 7.83. The molecule has 4 heteroatoms. The summed E-state index contributed by atoms with van der Waals surface area (Å²) in [6.07, 6.45) is 0.564. The molecule has 0 unspecified atom stereocenters. The molecule has 1 aromatic carbocycles. The Hall–Kier alpha value is -1.42. The highest BCUT2D eigenvalue weighted by Gasteiger charge is 2.17. The molecule has 0 radical (unpaired) electrons. The van der Waals surface area contributed by atoms with Gasteiger partial charge in [0.1, 0.15) is 11.9 Å². The number of aliphatic carboxylic acids is 1. The molecule has 1 aromatic rings. The summed E-state index contributed by atoms with van der Waals surface area (Å²) in [5.41, 5.74) is 6.55. The third kappa shape index (κ3) is 2.09. The van der Waals surface area contributed by atoms with E-state index in [1.165, 1.54) is 18.2 Å². The average Bonchev–Trinajstić information content (AvgIpc) is 2.16. The maximum Gasteiger partial charge on any atom is 0.325 e. The summed E-state index contributed by atoms with van der Waals surface area (Å²) >= 11 is 0. The third-order valence-electron chi connectivity index (χ3n) is 2.09. The Bertz CT molecular complexity index is 352. The lowest BCUT2D eigenvalue weighted by Crippen LogP contribution is -2.22. The molecule has 0 aliphatic rings. The normalized spacial score (nSPS) is 12.5. The molecule has 0 spiro atoms. The Morgan fingerprint density at radius 1 is 1.64 bits per heavy atom. The van der Waals surface area contributed by atoms with E-state index in [2.05, 4.69) is 0 Å². The van der Waals surface area contributed by atoms with E-state index in [0.29, 0.717) is 17.5 Å². The quantitative estimate of drug-likeness (QED) is 0.771. The molecular weight excluding hydrogens is 185 g/mol. The highest BCUT2D eigenvalue weighted by molar-refractivity contribution is 5.75. The molecule has 0 heterocycles. The fourth-order valence-electron chi connectivity index (χ4n) is 1.32. The second-order valence-electron chi connectivity index (χ2n) is 3.01. The molecule has 0 aliphatic heterocycles. The molecular formula is C10H12FNO2. The van der Waals surface area contributed by atoms with Crippen LogP contribution in [0.2, 0.25) is 0 Å². The van der Waals surface area contributed by atoms with Gasteiger partial charge in [0.05, 0.1) is 0 Å². The molecule has 0 saturated carbocycles. The van der Waals surface area contributed by atoms with E-state index in [1.807, 2.05) is 6.92 Å². The van der Waals surface area contributed by atoms with Crippen molar-refractivity contribution in [1.82, 2.24) is 0 Å². The average molecular weight is 197 g/mol. The fourth-order valence-corrected chi connectivity index (χ4v) is 1.32. The first kappa shape index (κ1) is 10.7. The number of carboxylic acid groups (broad SMARTS) is 1. The van der Waals surface area contributed by atoms with Gasteiger partial charge in [0.25, 0.3) is 0 Å². The standard InChI is InChI=1S/C10H12FNO2/c1-2-6-5-7(11)3-4-8(6)9(12)10(13)14/h3-5,9H,2,12H2,1H3,(H,13,14)/t9-/m0/s1. The smallest absolute Gasteiger partial charge is 0.325 e. The van der Waals surface area contributed by atoms with Gasteiger partial charge in [-0.2, -0.15) is 0 Å². The van der Waals surface area contributed by atoms with Gasteiger partial charge in [-0.25, -0.2) is 4.39 Å². The summed E-state index contributed by atoms with van der Waals surface area (Å²) in [5, 5.41) is 8.71. The van der Waals surface area contributed by atoms with Crippen molar-refractivity contribution in [3.63, 3.8) is 0 Å². The molecule has 0 aromatic heterocycles. The monoisotopic (exact) mass is 197 g/mol. The van der Waals surface area contributed by atoms with Crippen molar-refractivity contribution in [2.45, 2.75) is 19.4 Å². The Balaban J connectivity index is 3.13. The predicted molar refractivity (Wildman–Crippen MR) is 50.3 cm³/mol. The van der Waals surface area contributed by atoms with E-state index in [-0.39, 0.29) is 5.82 Å². The highest BCUT2D eigenvalue weighted by Crippen LogP contribution is 2.18. The van der Waals surface area contributed by atoms with Crippen LogP contribution < -0.4 is 5.73 Å². The SMILES string of the molecule is CCc1cc(F)ccc1[C@H](N)C(=O)O. The number of carboxylic acids is 1. The van der Waals surface area contributed by atoms with Crippen molar-refractivity contribution >= 4 is 5.97 Å². The third-order valence-corrected chi connectivity index (χ3v) is 2.09. The molecule has 1 atom stereocenters. The second-order valence-corrected chi connectivity index (χ2v) is 3.01. The van der Waals surface area contributed by atoms with Gasteiger partial charge in [-0.1, -0.05) is 13.0 Å². The van der Waals surface area contributed by atoms with Crippen LogP contribution in [0.25, 0.3) is 0 Å². The number of halogens is 1. The van der Waals surface area contributed by atoms with Crippen LogP contribution >= 0.6 is 0 Å². The summed E-state index contributed by atoms with van der Waals surface area (Å²) < 4.78 is 12.8. The molecule has 0 aliphatic carbocycles. The van der Waals surface area contributed by atoms with Crippen molar-refractivity contribution in [3.05, 3.63) is 35.1 Å². The lowest BCUT2D eigenvalue weighted by molar-refractivity contribution is -0.138. The first-order valence-corrected chi connectivity index (χ1v) is 4.33. The van der Waals surface area contributed by atoms with Crippen molar-refractivity contribution < 1.29 is 14.3 Å². The van der Waals surface area contributed by atoms with Gasteiger partial charge in [-0.15, -0.1) is 0 Å². The lowest BCUT2D eigenvalue weighted by atomic mass is 9.99. The zero-order chi connectivity index (χ0) is 10.7. The van der Waals surface area contributed by atoms with Gasteiger partial charge < -0.3 is 10.8 Å². The summed E-state index contributed by atoms with van der Waals surface area (Å²) in [7, 11) is 0. The molecule has 0 bridgehead atoms. The highest BCUT2D eigenvalue weighted by atomic mass is 19.1. The van der Waals surface area contributed by atoms with E-state index in [1.54, 1.807) is 0 Å². The molecule has 1 rings (SSSR count). The Labute approximate surface area is 81.4 Å². The van der Waals surface area contributed by atoms with Gasteiger partial charge in [-0.3, -0.25) is 4.79 Å². The minimum atomic E-state index is -1.11. The molecule has 3 N–H and O–H groups in total. The second kappa shape index (κ2) is 4.19. The number of hydrogen-bond donors (Lipinski definition) is 2. The van der Waals surface area contributed by atoms with Crippen LogP contribution in [0.3, 0.4) is 0 Å². The largest absolute Gasteiger partial charge is 0.480 e. The van der Waals surface area contributed by atoms with Crippen molar-refractivity contribution in [1.29, 1.82) is 0 Å². The molecule has 3 nitrogen and oxygen atoms in total. The van der Waals surface area contributed by atoms with E-state index in [4.69, 9.17) is 10.8 Å². The zero-order valence-electron chi connectivity index (χ0n) is 7.83. The van der Waals surface area contributed by atoms with Crippen LogP contribution in [0.1, 0.15) is 24.1 Å². The lowest BCUT2D eigenvalue weighted by Gasteiger charge is -2.11. The molecule has 0 fully saturated rings. The minimum absolute atomic E-state index is 0.372. The Morgan fingerprint density at radius 2 is 2.29 bits per heavy atom. The minimum Gasteiger partial charge on any atom is -0.480 e. The molecule has 76 valence electrons. The van der Waals surface area contributed by atoms with E-state index >= 15 is 0 Å². The fraction of sp³-hybridized carbons (Fsp3) is 0.300. The van der Waals surface area contributed by atoms with E-state index in [0.717, 1.165) is 0 Å². The molecule has 0 saturated heterocycles. The number of benzene rings is 1. The Morgan fingerprint density at radius 3 is 2.79 bits per heavy atom. The first-order chi connectivity index (χ1) is 6.56. The van der Waals surface area contributed by atoms with Crippen LogP contribution in [-0.4, -0.2) is 11.1 Å². The maximum absolute atomic E-state index is 12.8. The van der Waals surface area contributed by atoms with Gasteiger partial charge in [-0.05, 0) is 29.7 Å². The van der Waals surface area contributed by atoms with Crippen LogP contribution in [-0.2, 0) is 11.2 Å². The number of carbonyl (C=O) groups is 1. The first-order valence-electron chi connectivity index (χ1n) is 4.33. The molecule has 14 heavy (non-hydrogen) atoms.